The average molecular weight is 360 g/mol. The van der Waals surface area contributed by atoms with Crippen molar-refractivity contribution < 1.29 is 41.6 Å². The van der Waals surface area contributed by atoms with Crippen molar-refractivity contribution in [3.63, 3.8) is 0 Å². The lowest BCUT2D eigenvalue weighted by Crippen LogP contribution is -2.43. The van der Waals surface area contributed by atoms with E-state index in [1.54, 1.807) is 0 Å². The lowest BCUT2D eigenvalue weighted by Gasteiger charge is -2.29. The van der Waals surface area contributed by atoms with Crippen LogP contribution >= 0.6 is 0 Å². The number of fused-ring (bicyclic) bond motifs is 1. The molecule has 0 radical (unpaired) electrons. The Morgan fingerprint density at radius 1 is 1.38 bits per heavy atom. The SMILES string of the molecule is C=CC(=O)OC1C2CC3C(OC(=O)C31)C2C(=O)OCCS(=O)(=O)O. The van der Waals surface area contributed by atoms with Gasteiger partial charge in [0.2, 0.25) is 0 Å². The molecule has 1 heterocycles. The summed E-state index contributed by atoms with van der Waals surface area (Å²) in [6.45, 7) is 2.79. The molecule has 2 saturated carbocycles. The highest BCUT2D eigenvalue weighted by Crippen LogP contribution is 2.58. The molecule has 0 aromatic heterocycles. The summed E-state index contributed by atoms with van der Waals surface area (Å²) in [4.78, 5) is 35.7. The predicted octanol–water partition coefficient (Wildman–Crippen LogP) is -0.677. The molecule has 9 nitrogen and oxygen atoms in total. The maximum Gasteiger partial charge on any atom is 0.330 e. The zero-order chi connectivity index (χ0) is 17.6. The molecule has 1 N–H and O–H groups in total. The fraction of sp³-hybridized carbons (Fsp3) is 0.643. The van der Waals surface area contributed by atoms with Crippen molar-refractivity contribution in [2.75, 3.05) is 12.4 Å². The summed E-state index contributed by atoms with van der Waals surface area (Å²) in [6.07, 6.45) is 0.0209. The maximum absolute atomic E-state index is 12.3. The minimum absolute atomic E-state index is 0.232. The highest BCUT2D eigenvalue weighted by Gasteiger charge is 2.70. The van der Waals surface area contributed by atoms with Crippen LogP contribution in [-0.4, -0.2) is 55.4 Å². The molecule has 3 rings (SSSR count). The van der Waals surface area contributed by atoms with Gasteiger partial charge in [0.1, 0.15) is 36.4 Å². The normalized spacial score (nSPS) is 36.3. The van der Waals surface area contributed by atoms with E-state index < -0.39 is 70.3 Å². The fourth-order valence-corrected chi connectivity index (χ4v) is 4.28. The number of carbonyl (C=O) groups is 3. The van der Waals surface area contributed by atoms with Crippen LogP contribution in [0.1, 0.15) is 6.42 Å². The van der Waals surface area contributed by atoms with Crippen molar-refractivity contribution >= 4 is 28.0 Å². The van der Waals surface area contributed by atoms with E-state index in [-0.39, 0.29) is 5.92 Å². The molecule has 3 fully saturated rings. The lowest BCUT2D eigenvalue weighted by atomic mass is 9.80. The van der Waals surface area contributed by atoms with Gasteiger partial charge in [0, 0.05) is 17.9 Å². The smallest absolute Gasteiger partial charge is 0.330 e. The van der Waals surface area contributed by atoms with Crippen LogP contribution < -0.4 is 0 Å². The zero-order valence-electron chi connectivity index (χ0n) is 12.5. The summed E-state index contributed by atoms with van der Waals surface area (Å²) in [7, 11) is -4.25. The van der Waals surface area contributed by atoms with Crippen molar-refractivity contribution in [3.05, 3.63) is 12.7 Å². The first-order valence-electron chi connectivity index (χ1n) is 7.38. The lowest BCUT2D eigenvalue weighted by molar-refractivity contribution is -0.161. The second kappa shape index (κ2) is 5.85. The molecule has 1 saturated heterocycles. The number of rotatable bonds is 6. The highest BCUT2D eigenvalue weighted by molar-refractivity contribution is 7.85. The molecule has 6 unspecified atom stereocenters. The van der Waals surface area contributed by atoms with Gasteiger partial charge in [-0.15, -0.1) is 0 Å². The van der Waals surface area contributed by atoms with E-state index in [2.05, 4.69) is 6.58 Å². The maximum atomic E-state index is 12.3. The van der Waals surface area contributed by atoms with Gasteiger partial charge >= 0.3 is 17.9 Å². The van der Waals surface area contributed by atoms with Crippen molar-refractivity contribution in [2.45, 2.75) is 18.6 Å². The van der Waals surface area contributed by atoms with Crippen molar-refractivity contribution in [1.82, 2.24) is 0 Å². The first-order chi connectivity index (χ1) is 11.2. The van der Waals surface area contributed by atoms with E-state index in [1.165, 1.54) is 0 Å². The van der Waals surface area contributed by atoms with E-state index >= 15 is 0 Å². The third-order valence-corrected chi connectivity index (χ3v) is 5.50. The van der Waals surface area contributed by atoms with Gasteiger partial charge in [0.15, 0.2) is 0 Å². The monoisotopic (exact) mass is 360 g/mol. The van der Waals surface area contributed by atoms with Crippen LogP contribution in [0.4, 0.5) is 0 Å². The molecule has 24 heavy (non-hydrogen) atoms. The molecule has 2 bridgehead atoms. The minimum Gasteiger partial charge on any atom is -0.464 e. The standard InChI is InChI=1S/C14H16O9S/c1-2-8(15)22-11-6-5-7-10(11)14(17)23-12(7)9(6)13(16)21-3-4-24(18,19)20/h2,6-7,9-12H,1,3-5H2,(H,18,19,20). The summed E-state index contributed by atoms with van der Waals surface area (Å²) in [5, 5.41) is 0. The van der Waals surface area contributed by atoms with Gasteiger partial charge in [0.05, 0.1) is 0 Å². The Bertz CT molecular complexity index is 697. The number of hydrogen-bond donors (Lipinski definition) is 1. The van der Waals surface area contributed by atoms with Crippen molar-refractivity contribution in [1.29, 1.82) is 0 Å². The number of carbonyl (C=O) groups excluding carboxylic acids is 3. The minimum atomic E-state index is -4.25. The molecule has 2 aliphatic carbocycles. The van der Waals surface area contributed by atoms with Crippen molar-refractivity contribution in [3.8, 4) is 0 Å². The second-order valence-corrected chi connectivity index (χ2v) is 7.65. The van der Waals surface area contributed by atoms with Crippen LogP contribution in [0, 0.1) is 23.7 Å². The van der Waals surface area contributed by atoms with Crippen LogP contribution in [0.15, 0.2) is 12.7 Å². The van der Waals surface area contributed by atoms with Crippen LogP contribution in [-0.2, 0) is 38.7 Å². The summed E-state index contributed by atoms with van der Waals surface area (Å²) in [6, 6.07) is 0. The number of hydrogen-bond acceptors (Lipinski definition) is 8. The third-order valence-electron chi connectivity index (χ3n) is 4.82. The molecule has 0 spiro atoms. The zero-order valence-corrected chi connectivity index (χ0v) is 13.3. The van der Waals surface area contributed by atoms with Gasteiger partial charge < -0.3 is 14.2 Å². The van der Waals surface area contributed by atoms with Crippen LogP contribution in [0.25, 0.3) is 0 Å². The van der Waals surface area contributed by atoms with E-state index in [0.29, 0.717) is 6.42 Å². The molecule has 0 aromatic rings. The van der Waals surface area contributed by atoms with Gasteiger partial charge in [0.25, 0.3) is 10.1 Å². The molecular weight excluding hydrogens is 344 g/mol. The molecule has 0 amide bonds. The Hall–Kier alpha value is -1.94. The van der Waals surface area contributed by atoms with Gasteiger partial charge in [-0.3, -0.25) is 14.1 Å². The van der Waals surface area contributed by atoms with E-state index in [0.717, 1.165) is 6.08 Å². The van der Waals surface area contributed by atoms with Crippen molar-refractivity contribution in [2.24, 2.45) is 23.7 Å². The second-order valence-electron chi connectivity index (χ2n) is 6.08. The Kier molecular flexibility index (Phi) is 4.12. The quantitative estimate of drug-likeness (QED) is 0.283. The summed E-state index contributed by atoms with van der Waals surface area (Å²) in [5.74, 6) is -4.73. The van der Waals surface area contributed by atoms with Crippen LogP contribution in [0.3, 0.4) is 0 Å². The average Bonchev–Trinajstić information content (AvgIpc) is 3.07. The topological polar surface area (TPSA) is 133 Å². The number of ether oxygens (including phenoxy) is 3. The Labute approximate surface area is 137 Å². The third kappa shape index (κ3) is 2.80. The van der Waals surface area contributed by atoms with Crippen LogP contribution in [0.2, 0.25) is 0 Å². The Balaban J connectivity index is 1.73. The largest absolute Gasteiger partial charge is 0.464 e. The molecule has 0 aromatic carbocycles. The molecule has 3 aliphatic rings. The van der Waals surface area contributed by atoms with Crippen LogP contribution in [0.5, 0.6) is 0 Å². The Morgan fingerprint density at radius 2 is 2.08 bits per heavy atom. The Morgan fingerprint density at radius 3 is 2.71 bits per heavy atom. The molecule has 10 heteroatoms. The highest BCUT2D eigenvalue weighted by atomic mass is 32.2. The number of esters is 3. The first kappa shape index (κ1) is 16.9. The van der Waals surface area contributed by atoms with Gasteiger partial charge in [-0.2, -0.15) is 8.42 Å². The van der Waals surface area contributed by atoms with Gasteiger partial charge in [-0.1, -0.05) is 6.58 Å². The molecule has 6 atom stereocenters. The first-order valence-corrected chi connectivity index (χ1v) is 8.99. The fourth-order valence-electron chi connectivity index (χ4n) is 3.98. The van der Waals surface area contributed by atoms with E-state index in [9.17, 15) is 22.8 Å². The van der Waals surface area contributed by atoms with Gasteiger partial charge in [-0.25, -0.2) is 4.79 Å². The van der Waals surface area contributed by atoms with Gasteiger partial charge in [-0.05, 0) is 6.42 Å². The molecule has 1 aliphatic heterocycles. The van der Waals surface area contributed by atoms with E-state index in [1.807, 2.05) is 0 Å². The summed E-state index contributed by atoms with van der Waals surface area (Å²) < 4.78 is 45.3. The predicted molar refractivity (Wildman–Crippen MR) is 75.9 cm³/mol. The molecule has 132 valence electrons. The molecular formula is C14H16O9S. The van der Waals surface area contributed by atoms with E-state index in [4.69, 9.17) is 18.8 Å². The summed E-state index contributed by atoms with van der Waals surface area (Å²) in [5.41, 5.74) is 0. The summed E-state index contributed by atoms with van der Waals surface area (Å²) >= 11 is 0.